The highest BCUT2D eigenvalue weighted by atomic mass is 16.5. The van der Waals surface area contributed by atoms with E-state index in [4.69, 9.17) is 9.47 Å². The normalized spacial score (nSPS) is 10.2. The number of nitrogens with zero attached hydrogens (tertiary/aromatic N) is 2. The first-order valence-corrected chi connectivity index (χ1v) is 6.37. The number of para-hydroxylation sites is 1. The monoisotopic (exact) mass is 258 g/mol. The molecule has 2 rings (SSSR count). The Morgan fingerprint density at radius 2 is 1.68 bits per heavy atom. The van der Waals surface area contributed by atoms with Crippen molar-refractivity contribution in [2.45, 2.75) is 20.3 Å². The Labute approximate surface area is 113 Å². The quantitative estimate of drug-likeness (QED) is 0.747. The first kappa shape index (κ1) is 13.3. The van der Waals surface area contributed by atoms with Gasteiger partial charge in [-0.25, -0.2) is 0 Å². The third kappa shape index (κ3) is 4.25. The molecule has 0 unspecified atom stereocenters. The molecule has 0 aliphatic heterocycles. The molecular weight excluding hydrogens is 240 g/mol. The van der Waals surface area contributed by atoms with Crippen molar-refractivity contribution in [2.24, 2.45) is 0 Å². The van der Waals surface area contributed by atoms with Crippen molar-refractivity contribution in [1.29, 1.82) is 0 Å². The largest absolute Gasteiger partial charge is 0.493 e. The first-order chi connectivity index (χ1) is 9.25. The van der Waals surface area contributed by atoms with Crippen LogP contribution in [0.2, 0.25) is 0 Å². The van der Waals surface area contributed by atoms with Gasteiger partial charge in [0.25, 0.3) is 0 Å². The minimum atomic E-state index is 0.572. The molecule has 4 nitrogen and oxygen atoms in total. The van der Waals surface area contributed by atoms with E-state index < -0.39 is 0 Å². The van der Waals surface area contributed by atoms with Crippen LogP contribution in [0.5, 0.6) is 11.6 Å². The topological polar surface area (TPSA) is 44.2 Å². The van der Waals surface area contributed by atoms with Crippen molar-refractivity contribution in [2.75, 3.05) is 13.2 Å². The van der Waals surface area contributed by atoms with Crippen LogP contribution in [-0.2, 0) is 0 Å². The SMILES string of the molecule is Cc1cc(OCCCOc2ccccc2)nnc1C. The van der Waals surface area contributed by atoms with Gasteiger partial charge in [0.15, 0.2) is 0 Å². The van der Waals surface area contributed by atoms with Crippen molar-refractivity contribution in [3.8, 4) is 11.6 Å². The summed E-state index contributed by atoms with van der Waals surface area (Å²) in [7, 11) is 0. The Morgan fingerprint density at radius 3 is 2.42 bits per heavy atom. The fourth-order valence-electron chi connectivity index (χ4n) is 1.53. The van der Waals surface area contributed by atoms with Crippen LogP contribution >= 0.6 is 0 Å². The van der Waals surface area contributed by atoms with Gasteiger partial charge in [0.2, 0.25) is 5.88 Å². The van der Waals surface area contributed by atoms with Crippen LogP contribution in [0.15, 0.2) is 36.4 Å². The van der Waals surface area contributed by atoms with Crippen LogP contribution in [0.25, 0.3) is 0 Å². The van der Waals surface area contributed by atoms with Crippen molar-refractivity contribution >= 4 is 0 Å². The summed E-state index contributed by atoms with van der Waals surface area (Å²) >= 11 is 0. The maximum atomic E-state index is 5.57. The molecule has 0 aliphatic carbocycles. The second-order valence-electron chi connectivity index (χ2n) is 4.31. The molecular formula is C15H18N2O2. The van der Waals surface area contributed by atoms with Gasteiger partial charge in [0, 0.05) is 12.5 Å². The van der Waals surface area contributed by atoms with Gasteiger partial charge < -0.3 is 9.47 Å². The molecule has 4 heteroatoms. The van der Waals surface area contributed by atoms with E-state index in [0.717, 1.165) is 23.4 Å². The number of benzene rings is 1. The zero-order chi connectivity index (χ0) is 13.5. The van der Waals surface area contributed by atoms with E-state index in [1.165, 1.54) is 0 Å². The molecule has 0 saturated heterocycles. The third-order valence-electron chi connectivity index (χ3n) is 2.76. The maximum Gasteiger partial charge on any atom is 0.233 e. The van der Waals surface area contributed by atoms with Gasteiger partial charge in [0.05, 0.1) is 18.9 Å². The van der Waals surface area contributed by atoms with Crippen LogP contribution in [0, 0.1) is 13.8 Å². The van der Waals surface area contributed by atoms with Crippen LogP contribution in [0.1, 0.15) is 17.7 Å². The Morgan fingerprint density at radius 1 is 0.947 bits per heavy atom. The lowest BCUT2D eigenvalue weighted by Gasteiger charge is -2.07. The van der Waals surface area contributed by atoms with Crippen molar-refractivity contribution < 1.29 is 9.47 Å². The molecule has 1 heterocycles. The maximum absolute atomic E-state index is 5.57. The Bertz CT molecular complexity index is 515. The smallest absolute Gasteiger partial charge is 0.233 e. The summed E-state index contributed by atoms with van der Waals surface area (Å²) in [4.78, 5) is 0. The van der Waals surface area contributed by atoms with Gasteiger partial charge in [-0.15, -0.1) is 5.10 Å². The Kier molecular flexibility index (Phi) is 4.72. The molecule has 0 fully saturated rings. The summed E-state index contributed by atoms with van der Waals surface area (Å²) in [6.07, 6.45) is 0.809. The van der Waals surface area contributed by atoms with E-state index in [2.05, 4.69) is 10.2 Å². The van der Waals surface area contributed by atoms with Gasteiger partial charge in [-0.2, -0.15) is 5.10 Å². The predicted octanol–water partition coefficient (Wildman–Crippen LogP) is 2.94. The van der Waals surface area contributed by atoms with Crippen molar-refractivity contribution in [3.05, 3.63) is 47.7 Å². The zero-order valence-electron chi connectivity index (χ0n) is 11.3. The number of rotatable bonds is 6. The van der Waals surface area contributed by atoms with Gasteiger partial charge >= 0.3 is 0 Å². The molecule has 0 saturated carbocycles. The predicted molar refractivity (Wildman–Crippen MR) is 73.6 cm³/mol. The van der Waals surface area contributed by atoms with Gasteiger partial charge in [0.1, 0.15) is 5.75 Å². The Balaban J connectivity index is 1.68. The van der Waals surface area contributed by atoms with Crippen molar-refractivity contribution in [3.63, 3.8) is 0 Å². The van der Waals surface area contributed by atoms with E-state index in [1.807, 2.05) is 50.2 Å². The lowest BCUT2D eigenvalue weighted by Crippen LogP contribution is -2.06. The molecule has 2 aromatic rings. The summed E-state index contributed by atoms with van der Waals surface area (Å²) in [6, 6.07) is 11.7. The molecule has 0 bridgehead atoms. The second kappa shape index (κ2) is 6.73. The summed E-state index contributed by atoms with van der Waals surface area (Å²) in [5.74, 6) is 1.45. The molecule has 1 aromatic carbocycles. The minimum Gasteiger partial charge on any atom is -0.493 e. The Hall–Kier alpha value is -2.10. The van der Waals surface area contributed by atoms with Crippen LogP contribution in [0.4, 0.5) is 0 Å². The highest BCUT2D eigenvalue weighted by Gasteiger charge is 2.00. The molecule has 0 aliphatic rings. The summed E-state index contributed by atoms with van der Waals surface area (Å²) in [5, 5.41) is 8.00. The van der Waals surface area contributed by atoms with Gasteiger partial charge in [-0.05, 0) is 31.5 Å². The van der Waals surface area contributed by atoms with Crippen molar-refractivity contribution in [1.82, 2.24) is 10.2 Å². The molecule has 0 radical (unpaired) electrons. The second-order valence-corrected chi connectivity index (χ2v) is 4.31. The van der Waals surface area contributed by atoms with Gasteiger partial charge in [-0.1, -0.05) is 18.2 Å². The van der Waals surface area contributed by atoms with E-state index in [0.29, 0.717) is 19.1 Å². The first-order valence-electron chi connectivity index (χ1n) is 6.37. The molecule has 100 valence electrons. The van der Waals surface area contributed by atoms with Crippen LogP contribution < -0.4 is 9.47 Å². The van der Waals surface area contributed by atoms with Crippen LogP contribution in [0.3, 0.4) is 0 Å². The number of aromatic nitrogens is 2. The lowest BCUT2D eigenvalue weighted by molar-refractivity contribution is 0.240. The van der Waals surface area contributed by atoms with E-state index in [-0.39, 0.29) is 0 Å². The minimum absolute atomic E-state index is 0.572. The number of hydrogen-bond acceptors (Lipinski definition) is 4. The van der Waals surface area contributed by atoms with Gasteiger partial charge in [-0.3, -0.25) is 0 Å². The molecule has 0 N–H and O–H groups in total. The van der Waals surface area contributed by atoms with E-state index in [9.17, 15) is 0 Å². The van der Waals surface area contributed by atoms with Crippen LogP contribution in [-0.4, -0.2) is 23.4 Å². The standard InChI is InChI=1S/C15H18N2O2/c1-12-11-15(17-16-13(12)2)19-10-6-9-18-14-7-4-3-5-8-14/h3-5,7-8,11H,6,9-10H2,1-2H3. The lowest BCUT2D eigenvalue weighted by atomic mass is 10.2. The summed E-state index contributed by atoms with van der Waals surface area (Å²) in [6.45, 7) is 5.13. The number of ether oxygens (including phenoxy) is 2. The third-order valence-corrected chi connectivity index (χ3v) is 2.76. The fraction of sp³-hybridized carbons (Fsp3) is 0.333. The highest BCUT2D eigenvalue weighted by Crippen LogP contribution is 2.11. The number of aryl methyl sites for hydroxylation is 2. The highest BCUT2D eigenvalue weighted by molar-refractivity contribution is 5.22. The molecule has 0 amide bonds. The zero-order valence-corrected chi connectivity index (χ0v) is 11.3. The average Bonchev–Trinajstić information content (AvgIpc) is 2.43. The molecule has 1 aromatic heterocycles. The average molecular weight is 258 g/mol. The number of hydrogen-bond donors (Lipinski definition) is 0. The molecule has 19 heavy (non-hydrogen) atoms. The van der Waals surface area contributed by atoms with E-state index in [1.54, 1.807) is 0 Å². The fourth-order valence-corrected chi connectivity index (χ4v) is 1.53. The summed E-state index contributed by atoms with van der Waals surface area (Å²) < 4.78 is 11.1. The summed E-state index contributed by atoms with van der Waals surface area (Å²) in [5.41, 5.74) is 2.02. The van der Waals surface area contributed by atoms with E-state index >= 15 is 0 Å². The molecule has 0 atom stereocenters. The molecule has 0 spiro atoms.